The van der Waals surface area contributed by atoms with Crippen molar-refractivity contribution in [3.63, 3.8) is 0 Å². The van der Waals surface area contributed by atoms with Gasteiger partial charge in [0.2, 0.25) is 0 Å². The maximum atomic E-state index is 12.6. The number of carbonyl (C=O) groups is 2. The molecule has 4 heterocycles. The number of carbonyl (C=O) groups excluding carboxylic acids is 2. The molecule has 1 aromatic heterocycles. The highest BCUT2D eigenvalue weighted by atomic mass is 16.6. The van der Waals surface area contributed by atoms with Crippen molar-refractivity contribution in [1.29, 1.82) is 0 Å². The molecular weight excluding hydrogens is 448 g/mol. The first-order valence-electron chi connectivity index (χ1n) is 12.4. The molecule has 1 aromatic carbocycles. The van der Waals surface area contributed by atoms with Gasteiger partial charge in [-0.2, -0.15) is 0 Å². The Morgan fingerprint density at radius 2 is 2.00 bits per heavy atom. The molecule has 0 amide bonds. The van der Waals surface area contributed by atoms with Gasteiger partial charge in [-0.05, 0) is 49.6 Å². The van der Waals surface area contributed by atoms with Gasteiger partial charge in [0.05, 0.1) is 31.8 Å². The van der Waals surface area contributed by atoms with Crippen LogP contribution in [0.4, 0.5) is 0 Å². The van der Waals surface area contributed by atoms with E-state index >= 15 is 0 Å². The van der Waals surface area contributed by atoms with Gasteiger partial charge in [-0.1, -0.05) is 6.08 Å². The molecule has 5 rings (SSSR count). The van der Waals surface area contributed by atoms with Crippen LogP contribution in [0.15, 0.2) is 43.1 Å². The second-order valence-corrected chi connectivity index (χ2v) is 9.46. The lowest BCUT2D eigenvalue weighted by molar-refractivity contribution is -0.966. The van der Waals surface area contributed by atoms with Crippen LogP contribution in [-0.2, 0) is 19.1 Å². The number of hydrogen-bond acceptors (Lipinski definition) is 7. The SMILES string of the molecule is C=CC1C[N@+]2(CC(=O)OCC)CCC1CC2C(O)c1ccnc2ccc(OCC(=O)OCC)cc12. The molecule has 0 aliphatic carbocycles. The third kappa shape index (κ3) is 5.18. The van der Waals surface area contributed by atoms with Gasteiger partial charge >= 0.3 is 11.9 Å². The monoisotopic (exact) mass is 483 g/mol. The Labute approximate surface area is 206 Å². The lowest BCUT2D eigenvalue weighted by Gasteiger charge is -2.57. The van der Waals surface area contributed by atoms with Crippen LogP contribution in [0.1, 0.15) is 38.4 Å². The second kappa shape index (κ2) is 10.7. The molecule has 2 aromatic rings. The highest BCUT2D eigenvalue weighted by Gasteiger charge is 2.55. The Morgan fingerprint density at radius 1 is 1.23 bits per heavy atom. The topological polar surface area (TPSA) is 95.0 Å². The van der Waals surface area contributed by atoms with Crippen LogP contribution < -0.4 is 4.74 Å². The zero-order valence-electron chi connectivity index (χ0n) is 20.5. The number of nitrogens with zero attached hydrogens (tertiary/aromatic N) is 2. The summed E-state index contributed by atoms with van der Waals surface area (Å²) in [6, 6.07) is 7.05. The minimum absolute atomic E-state index is 0.149. The minimum Gasteiger partial charge on any atom is -0.482 e. The Kier molecular flexibility index (Phi) is 7.72. The number of ether oxygens (including phenoxy) is 3. The second-order valence-electron chi connectivity index (χ2n) is 9.46. The third-order valence-corrected chi connectivity index (χ3v) is 7.52. The van der Waals surface area contributed by atoms with Crippen molar-refractivity contribution in [2.75, 3.05) is 39.5 Å². The lowest BCUT2D eigenvalue weighted by atomic mass is 9.71. The summed E-state index contributed by atoms with van der Waals surface area (Å²) < 4.78 is 16.4. The van der Waals surface area contributed by atoms with E-state index in [1.807, 2.05) is 25.1 Å². The Balaban J connectivity index is 1.65. The molecule has 3 aliphatic heterocycles. The number of piperidine rings is 3. The number of benzene rings is 1. The molecule has 0 spiro atoms. The fourth-order valence-corrected chi connectivity index (χ4v) is 5.89. The first kappa shape index (κ1) is 25.1. The summed E-state index contributed by atoms with van der Waals surface area (Å²) in [5, 5.41) is 12.5. The van der Waals surface area contributed by atoms with E-state index < -0.39 is 12.1 Å². The highest BCUT2D eigenvalue weighted by Crippen LogP contribution is 2.47. The normalized spacial score (nSPS) is 26.2. The average molecular weight is 484 g/mol. The van der Waals surface area contributed by atoms with Gasteiger partial charge in [0.15, 0.2) is 13.2 Å². The summed E-state index contributed by atoms with van der Waals surface area (Å²) in [5.41, 5.74) is 1.47. The highest BCUT2D eigenvalue weighted by molar-refractivity contribution is 5.84. The van der Waals surface area contributed by atoms with E-state index in [1.165, 1.54) is 0 Å². The summed E-state index contributed by atoms with van der Waals surface area (Å²) in [7, 11) is 0. The Bertz CT molecular complexity index is 1090. The number of quaternary nitrogens is 1. The van der Waals surface area contributed by atoms with Crippen molar-refractivity contribution in [1.82, 2.24) is 4.98 Å². The number of fused-ring (bicyclic) bond motifs is 4. The number of rotatable bonds is 10. The van der Waals surface area contributed by atoms with E-state index in [-0.39, 0.29) is 25.2 Å². The zero-order valence-corrected chi connectivity index (χ0v) is 20.5. The van der Waals surface area contributed by atoms with Crippen LogP contribution >= 0.6 is 0 Å². The minimum atomic E-state index is -0.802. The molecule has 8 nitrogen and oxygen atoms in total. The maximum absolute atomic E-state index is 12.6. The zero-order chi connectivity index (χ0) is 25.0. The molecule has 0 radical (unpaired) electrons. The molecule has 35 heavy (non-hydrogen) atoms. The van der Waals surface area contributed by atoms with Gasteiger partial charge in [-0.3, -0.25) is 4.98 Å². The number of aliphatic hydroxyl groups excluding tert-OH is 1. The quantitative estimate of drug-likeness (QED) is 0.315. The maximum Gasteiger partial charge on any atom is 0.361 e. The molecule has 3 fully saturated rings. The number of esters is 2. The fraction of sp³-hybridized carbons (Fsp3) is 0.519. The van der Waals surface area contributed by atoms with E-state index in [0.717, 1.165) is 42.4 Å². The van der Waals surface area contributed by atoms with Crippen LogP contribution in [0.5, 0.6) is 5.75 Å². The predicted molar refractivity (Wildman–Crippen MR) is 131 cm³/mol. The van der Waals surface area contributed by atoms with Gasteiger partial charge in [0.1, 0.15) is 17.9 Å². The molecule has 188 valence electrons. The summed E-state index contributed by atoms with van der Waals surface area (Å²) in [4.78, 5) is 28.8. The largest absolute Gasteiger partial charge is 0.482 e. The predicted octanol–water partition coefficient (Wildman–Crippen LogP) is 3.18. The van der Waals surface area contributed by atoms with Crippen molar-refractivity contribution < 1.29 is 33.4 Å². The van der Waals surface area contributed by atoms with Crippen LogP contribution in [0.2, 0.25) is 0 Å². The summed E-state index contributed by atoms with van der Waals surface area (Å²) in [5.74, 6) is 0.582. The van der Waals surface area contributed by atoms with E-state index in [4.69, 9.17) is 14.2 Å². The summed E-state index contributed by atoms with van der Waals surface area (Å²) in [6.07, 6.45) is 4.70. The van der Waals surface area contributed by atoms with Crippen LogP contribution in [-0.4, -0.2) is 72.0 Å². The standard InChI is InChI=1S/C27H35N2O6/c1-4-18-15-29(16-25(30)33-5-2)12-10-19(18)13-24(29)27(32)21-9-11-28-23-8-7-20(14-22(21)23)35-17-26(31)34-6-3/h4,7-9,11,14,18-19,24,27,32H,1,5-6,10,12-13,15-17H2,2-3H3/q+1/t18?,19?,24?,27?,29-/m0/s1. The number of pyridine rings is 1. The summed E-state index contributed by atoms with van der Waals surface area (Å²) >= 11 is 0. The molecule has 3 saturated heterocycles. The molecule has 5 atom stereocenters. The van der Waals surface area contributed by atoms with Crippen molar-refractivity contribution in [3.05, 3.63) is 48.7 Å². The molecule has 1 N–H and O–H groups in total. The van der Waals surface area contributed by atoms with E-state index in [0.29, 0.717) is 35.3 Å². The van der Waals surface area contributed by atoms with Gasteiger partial charge < -0.3 is 23.8 Å². The smallest absolute Gasteiger partial charge is 0.361 e. The first-order chi connectivity index (χ1) is 16.9. The lowest BCUT2D eigenvalue weighted by Crippen LogP contribution is -2.69. The number of aromatic nitrogens is 1. The van der Waals surface area contributed by atoms with Crippen LogP contribution in [0, 0.1) is 11.8 Å². The Hall–Kier alpha value is -2.97. The van der Waals surface area contributed by atoms with E-state index in [9.17, 15) is 14.7 Å². The van der Waals surface area contributed by atoms with Gasteiger partial charge in [0.25, 0.3) is 0 Å². The number of aliphatic hydroxyl groups is 1. The number of hydrogen-bond donors (Lipinski definition) is 1. The summed E-state index contributed by atoms with van der Waals surface area (Å²) in [6.45, 7) is 9.86. The molecule has 0 saturated carbocycles. The fourth-order valence-electron chi connectivity index (χ4n) is 5.89. The molecule has 2 bridgehead atoms. The molecular formula is C27H35N2O6+. The van der Waals surface area contributed by atoms with Gasteiger partial charge in [0, 0.05) is 30.3 Å². The first-order valence-corrected chi connectivity index (χ1v) is 12.4. The van der Waals surface area contributed by atoms with E-state index in [2.05, 4.69) is 11.6 Å². The third-order valence-electron chi connectivity index (χ3n) is 7.52. The van der Waals surface area contributed by atoms with Crippen molar-refractivity contribution in [3.8, 4) is 5.75 Å². The Morgan fingerprint density at radius 3 is 2.74 bits per heavy atom. The van der Waals surface area contributed by atoms with Crippen molar-refractivity contribution >= 4 is 22.8 Å². The van der Waals surface area contributed by atoms with Crippen LogP contribution in [0.3, 0.4) is 0 Å². The molecule has 8 heteroatoms. The van der Waals surface area contributed by atoms with Crippen molar-refractivity contribution in [2.45, 2.75) is 38.8 Å². The van der Waals surface area contributed by atoms with E-state index in [1.54, 1.807) is 25.3 Å². The van der Waals surface area contributed by atoms with Gasteiger partial charge in [-0.15, -0.1) is 6.58 Å². The molecule has 3 aliphatic rings. The average Bonchev–Trinajstić information content (AvgIpc) is 2.86. The van der Waals surface area contributed by atoms with Crippen LogP contribution in [0.25, 0.3) is 10.9 Å². The van der Waals surface area contributed by atoms with Crippen molar-refractivity contribution in [2.24, 2.45) is 11.8 Å². The van der Waals surface area contributed by atoms with Gasteiger partial charge in [-0.25, -0.2) is 9.59 Å². The molecule has 4 unspecified atom stereocenters.